The van der Waals surface area contributed by atoms with E-state index in [4.69, 9.17) is 4.74 Å². The molecule has 2 atom stereocenters. The van der Waals surface area contributed by atoms with Gasteiger partial charge in [-0.1, -0.05) is 6.92 Å². The van der Waals surface area contributed by atoms with Crippen LogP contribution in [0.2, 0.25) is 0 Å². The van der Waals surface area contributed by atoms with Gasteiger partial charge < -0.3 is 14.7 Å². The van der Waals surface area contributed by atoms with Crippen LogP contribution in [0.5, 0.6) is 0 Å². The molecule has 1 heterocycles. The summed E-state index contributed by atoms with van der Waals surface area (Å²) in [6.45, 7) is 8.41. The molecule has 1 aliphatic heterocycles. The van der Waals surface area contributed by atoms with E-state index in [9.17, 15) is 9.90 Å². The molecule has 1 rings (SSSR count). The van der Waals surface area contributed by atoms with E-state index in [1.807, 2.05) is 20.8 Å². The van der Waals surface area contributed by atoms with E-state index in [1.165, 1.54) is 0 Å². The predicted octanol–water partition coefficient (Wildman–Crippen LogP) is 2.01. The van der Waals surface area contributed by atoms with Gasteiger partial charge in [0.25, 0.3) is 0 Å². The van der Waals surface area contributed by atoms with Crippen LogP contribution in [0.4, 0.5) is 4.79 Å². The molecular formula is C12H23NO3. The fraction of sp³-hybridized carbons (Fsp3) is 0.917. The average molecular weight is 229 g/mol. The highest BCUT2D eigenvalue weighted by atomic mass is 16.6. The van der Waals surface area contributed by atoms with E-state index < -0.39 is 5.60 Å². The standard InChI is InChI=1S/C12H23NO3/c1-9-5-6-13(10(7-9)8-14)11(15)16-12(2,3)4/h9-10,14H,5-8H2,1-4H3/t9-,10+/m1/s1. The third kappa shape index (κ3) is 3.67. The second kappa shape index (κ2) is 5.04. The second-order valence-corrected chi connectivity index (χ2v) is 5.64. The Morgan fingerprint density at radius 2 is 2.12 bits per heavy atom. The van der Waals surface area contributed by atoms with Gasteiger partial charge in [0.2, 0.25) is 0 Å². The lowest BCUT2D eigenvalue weighted by Gasteiger charge is -2.38. The Hall–Kier alpha value is -0.770. The Labute approximate surface area is 97.6 Å². The topological polar surface area (TPSA) is 49.8 Å². The van der Waals surface area contributed by atoms with Gasteiger partial charge in [-0.2, -0.15) is 0 Å². The molecule has 0 aromatic rings. The number of carbonyl (C=O) groups excluding carboxylic acids is 1. The molecule has 1 saturated heterocycles. The zero-order valence-corrected chi connectivity index (χ0v) is 10.7. The van der Waals surface area contributed by atoms with Crippen molar-refractivity contribution in [2.24, 2.45) is 5.92 Å². The number of carbonyl (C=O) groups is 1. The quantitative estimate of drug-likeness (QED) is 0.748. The molecular weight excluding hydrogens is 206 g/mol. The first-order chi connectivity index (χ1) is 7.33. The fourth-order valence-corrected chi connectivity index (χ4v) is 1.99. The van der Waals surface area contributed by atoms with Crippen molar-refractivity contribution in [2.75, 3.05) is 13.2 Å². The molecule has 0 aromatic carbocycles. The molecule has 0 saturated carbocycles. The van der Waals surface area contributed by atoms with Crippen molar-refractivity contribution in [2.45, 2.75) is 52.2 Å². The van der Waals surface area contributed by atoms with E-state index in [2.05, 4.69) is 6.92 Å². The molecule has 0 unspecified atom stereocenters. The van der Waals surface area contributed by atoms with Crippen LogP contribution in [0.3, 0.4) is 0 Å². The van der Waals surface area contributed by atoms with Crippen molar-refractivity contribution < 1.29 is 14.6 Å². The van der Waals surface area contributed by atoms with E-state index in [-0.39, 0.29) is 18.7 Å². The maximum atomic E-state index is 11.9. The van der Waals surface area contributed by atoms with Gasteiger partial charge in [0.15, 0.2) is 0 Å². The van der Waals surface area contributed by atoms with Crippen LogP contribution in [0.15, 0.2) is 0 Å². The highest BCUT2D eigenvalue weighted by Gasteiger charge is 2.32. The summed E-state index contributed by atoms with van der Waals surface area (Å²) in [5.74, 6) is 0.566. The lowest BCUT2D eigenvalue weighted by atomic mass is 9.93. The SMILES string of the molecule is C[C@@H]1CCN(C(=O)OC(C)(C)C)[C@H](CO)C1. The first-order valence-corrected chi connectivity index (χ1v) is 5.94. The Morgan fingerprint density at radius 3 is 2.62 bits per heavy atom. The molecule has 1 amide bonds. The van der Waals surface area contributed by atoms with E-state index >= 15 is 0 Å². The van der Waals surface area contributed by atoms with Crippen LogP contribution in [0.1, 0.15) is 40.5 Å². The minimum Gasteiger partial charge on any atom is -0.444 e. The lowest BCUT2D eigenvalue weighted by Crippen LogP contribution is -2.49. The molecule has 0 bridgehead atoms. The van der Waals surface area contributed by atoms with Gasteiger partial charge in [-0.3, -0.25) is 0 Å². The normalized spacial score (nSPS) is 26.7. The van der Waals surface area contributed by atoms with Crippen LogP contribution >= 0.6 is 0 Å². The number of amides is 1. The summed E-state index contributed by atoms with van der Waals surface area (Å²) in [5.41, 5.74) is -0.472. The van der Waals surface area contributed by atoms with Crippen LogP contribution in [-0.4, -0.2) is 40.9 Å². The van der Waals surface area contributed by atoms with Crippen molar-refractivity contribution >= 4 is 6.09 Å². The van der Waals surface area contributed by atoms with Gasteiger partial charge >= 0.3 is 6.09 Å². The maximum absolute atomic E-state index is 11.9. The van der Waals surface area contributed by atoms with Crippen LogP contribution in [0.25, 0.3) is 0 Å². The number of likely N-dealkylation sites (tertiary alicyclic amines) is 1. The summed E-state index contributed by atoms with van der Waals surface area (Å²) in [6, 6.07) is -0.0846. The molecule has 0 spiro atoms. The minimum absolute atomic E-state index is 0.0174. The summed E-state index contributed by atoms with van der Waals surface area (Å²) >= 11 is 0. The third-order valence-corrected chi connectivity index (χ3v) is 2.82. The summed E-state index contributed by atoms with van der Waals surface area (Å²) in [5, 5.41) is 9.28. The van der Waals surface area contributed by atoms with Gasteiger partial charge in [-0.25, -0.2) is 4.79 Å². The number of rotatable bonds is 1. The average Bonchev–Trinajstić information content (AvgIpc) is 2.14. The monoisotopic (exact) mass is 229 g/mol. The van der Waals surface area contributed by atoms with Gasteiger partial charge in [-0.15, -0.1) is 0 Å². The summed E-state index contributed by atoms with van der Waals surface area (Å²) in [6.07, 6.45) is 1.53. The number of hydrogen-bond donors (Lipinski definition) is 1. The number of hydrogen-bond acceptors (Lipinski definition) is 3. The van der Waals surface area contributed by atoms with Crippen molar-refractivity contribution in [3.05, 3.63) is 0 Å². The third-order valence-electron chi connectivity index (χ3n) is 2.82. The smallest absolute Gasteiger partial charge is 0.410 e. The molecule has 0 radical (unpaired) electrons. The largest absolute Gasteiger partial charge is 0.444 e. The van der Waals surface area contributed by atoms with Crippen molar-refractivity contribution in [3.8, 4) is 0 Å². The Bertz CT molecular complexity index is 247. The fourth-order valence-electron chi connectivity index (χ4n) is 1.99. The Balaban J connectivity index is 2.60. The van der Waals surface area contributed by atoms with E-state index in [0.717, 1.165) is 12.8 Å². The van der Waals surface area contributed by atoms with Crippen molar-refractivity contribution in [1.82, 2.24) is 4.90 Å². The first-order valence-electron chi connectivity index (χ1n) is 5.94. The Kier molecular flexibility index (Phi) is 4.19. The minimum atomic E-state index is -0.472. The van der Waals surface area contributed by atoms with Gasteiger partial charge in [-0.05, 0) is 39.5 Å². The first kappa shape index (κ1) is 13.3. The molecule has 1 fully saturated rings. The van der Waals surface area contributed by atoms with Crippen molar-refractivity contribution in [1.29, 1.82) is 0 Å². The summed E-state index contributed by atoms with van der Waals surface area (Å²) < 4.78 is 5.32. The number of nitrogens with zero attached hydrogens (tertiary/aromatic N) is 1. The molecule has 4 nitrogen and oxygen atoms in total. The van der Waals surface area contributed by atoms with Gasteiger partial charge in [0.05, 0.1) is 12.6 Å². The van der Waals surface area contributed by atoms with Crippen LogP contribution in [-0.2, 0) is 4.74 Å². The van der Waals surface area contributed by atoms with Gasteiger partial charge in [0, 0.05) is 6.54 Å². The second-order valence-electron chi connectivity index (χ2n) is 5.64. The van der Waals surface area contributed by atoms with E-state index in [1.54, 1.807) is 4.90 Å². The lowest BCUT2D eigenvalue weighted by molar-refractivity contribution is -0.00349. The van der Waals surface area contributed by atoms with Crippen LogP contribution < -0.4 is 0 Å². The molecule has 0 aromatic heterocycles. The predicted molar refractivity (Wildman–Crippen MR) is 62.2 cm³/mol. The summed E-state index contributed by atoms with van der Waals surface area (Å²) in [4.78, 5) is 13.5. The highest BCUT2D eigenvalue weighted by molar-refractivity contribution is 5.68. The maximum Gasteiger partial charge on any atom is 0.410 e. The molecule has 0 aliphatic carbocycles. The number of aliphatic hydroxyl groups excluding tert-OH is 1. The van der Waals surface area contributed by atoms with Crippen LogP contribution in [0, 0.1) is 5.92 Å². The molecule has 1 N–H and O–H groups in total. The molecule has 4 heteroatoms. The number of ether oxygens (including phenoxy) is 1. The highest BCUT2D eigenvalue weighted by Crippen LogP contribution is 2.24. The molecule has 1 aliphatic rings. The zero-order chi connectivity index (χ0) is 12.3. The summed E-state index contributed by atoms with van der Waals surface area (Å²) in [7, 11) is 0. The number of aliphatic hydroxyl groups is 1. The number of piperidine rings is 1. The Morgan fingerprint density at radius 1 is 1.50 bits per heavy atom. The zero-order valence-electron chi connectivity index (χ0n) is 10.7. The van der Waals surface area contributed by atoms with Gasteiger partial charge in [0.1, 0.15) is 5.60 Å². The molecule has 94 valence electrons. The van der Waals surface area contributed by atoms with Crippen molar-refractivity contribution in [3.63, 3.8) is 0 Å². The van der Waals surface area contributed by atoms with E-state index in [0.29, 0.717) is 12.5 Å². The molecule has 16 heavy (non-hydrogen) atoms.